The summed E-state index contributed by atoms with van der Waals surface area (Å²) in [7, 11) is 0. The van der Waals surface area contributed by atoms with Gasteiger partial charge in [0.25, 0.3) is 0 Å². The lowest BCUT2D eigenvalue weighted by Gasteiger charge is -2.11. The molecule has 0 aliphatic rings. The van der Waals surface area contributed by atoms with Crippen LogP contribution >= 0.6 is 11.6 Å². The highest BCUT2D eigenvalue weighted by atomic mass is 35.5. The summed E-state index contributed by atoms with van der Waals surface area (Å²) in [6.07, 6.45) is 0. The Hall–Kier alpha value is -2.00. The van der Waals surface area contributed by atoms with Crippen molar-refractivity contribution in [2.24, 2.45) is 0 Å². The first-order valence-corrected chi connectivity index (χ1v) is 6.56. The molecule has 2 rings (SSSR count). The highest BCUT2D eigenvalue weighted by molar-refractivity contribution is 6.30. The minimum absolute atomic E-state index is 0.110. The number of rotatable bonds is 4. The van der Waals surface area contributed by atoms with E-state index in [0.29, 0.717) is 11.6 Å². The van der Waals surface area contributed by atoms with Crippen LogP contribution in [0, 0.1) is 13.8 Å². The lowest BCUT2D eigenvalue weighted by atomic mass is 10.1. The number of aryl methyl sites for hydroxylation is 2. The zero-order valence-corrected chi connectivity index (χ0v) is 12.1. The van der Waals surface area contributed by atoms with E-state index in [1.807, 2.05) is 26.0 Å². The summed E-state index contributed by atoms with van der Waals surface area (Å²) in [6, 6.07) is 10.6. The van der Waals surface area contributed by atoms with Gasteiger partial charge in [-0.3, -0.25) is 0 Å². The van der Waals surface area contributed by atoms with Crippen LogP contribution in [-0.2, 0) is 6.61 Å². The van der Waals surface area contributed by atoms with E-state index in [1.165, 1.54) is 18.2 Å². The minimum atomic E-state index is -1.03. The first-order valence-electron chi connectivity index (χ1n) is 6.18. The van der Waals surface area contributed by atoms with Gasteiger partial charge in [-0.15, -0.1) is 0 Å². The van der Waals surface area contributed by atoms with Gasteiger partial charge in [0.2, 0.25) is 0 Å². The van der Waals surface area contributed by atoms with E-state index in [0.717, 1.165) is 16.7 Å². The van der Waals surface area contributed by atoms with Crippen LogP contribution in [0.2, 0.25) is 5.02 Å². The van der Waals surface area contributed by atoms with Gasteiger partial charge in [-0.2, -0.15) is 0 Å². The quantitative estimate of drug-likeness (QED) is 0.916. The summed E-state index contributed by atoms with van der Waals surface area (Å²) in [5.74, 6) is -0.749. The van der Waals surface area contributed by atoms with Crippen LogP contribution < -0.4 is 4.74 Å². The lowest BCUT2D eigenvalue weighted by Crippen LogP contribution is -2.03. The molecule has 0 amide bonds. The van der Waals surface area contributed by atoms with Crippen molar-refractivity contribution < 1.29 is 14.6 Å². The average molecular weight is 291 g/mol. The molecule has 0 spiro atoms. The zero-order chi connectivity index (χ0) is 14.7. The maximum Gasteiger partial charge on any atom is 0.339 e. The van der Waals surface area contributed by atoms with Crippen LogP contribution in [0.5, 0.6) is 5.75 Å². The van der Waals surface area contributed by atoms with Crippen molar-refractivity contribution >= 4 is 17.6 Å². The second kappa shape index (κ2) is 5.97. The van der Waals surface area contributed by atoms with Gasteiger partial charge in [0, 0.05) is 5.02 Å². The Kier molecular flexibility index (Phi) is 4.30. The molecular weight excluding hydrogens is 276 g/mol. The summed E-state index contributed by atoms with van der Waals surface area (Å²) in [4.78, 5) is 11.1. The van der Waals surface area contributed by atoms with Crippen molar-refractivity contribution in [2.75, 3.05) is 0 Å². The van der Waals surface area contributed by atoms with Gasteiger partial charge in [0.1, 0.15) is 17.9 Å². The van der Waals surface area contributed by atoms with Gasteiger partial charge < -0.3 is 9.84 Å². The maximum atomic E-state index is 11.1. The predicted octanol–water partition coefficient (Wildman–Crippen LogP) is 4.23. The molecule has 0 aliphatic heterocycles. The van der Waals surface area contributed by atoms with Crippen molar-refractivity contribution in [1.82, 2.24) is 0 Å². The van der Waals surface area contributed by atoms with Crippen LogP contribution in [-0.4, -0.2) is 11.1 Å². The Labute approximate surface area is 122 Å². The van der Waals surface area contributed by atoms with E-state index in [-0.39, 0.29) is 11.3 Å². The molecule has 20 heavy (non-hydrogen) atoms. The van der Waals surface area contributed by atoms with E-state index in [2.05, 4.69) is 6.07 Å². The summed E-state index contributed by atoms with van der Waals surface area (Å²) >= 11 is 5.88. The number of benzene rings is 2. The summed E-state index contributed by atoms with van der Waals surface area (Å²) in [5.41, 5.74) is 3.40. The second-order valence-electron chi connectivity index (χ2n) is 4.73. The van der Waals surface area contributed by atoms with Gasteiger partial charge in [0.05, 0.1) is 0 Å². The van der Waals surface area contributed by atoms with Gasteiger partial charge in [-0.1, -0.05) is 40.9 Å². The van der Waals surface area contributed by atoms with Gasteiger partial charge in [-0.05, 0) is 37.6 Å². The number of carboxylic acid groups (broad SMARTS) is 1. The number of hydrogen-bond acceptors (Lipinski definition) is 2. The van der Waals surface area contributed by atoms with Crippen molar-refractivity contribution in [3.05, 3.63) is 63.7 Å². The van der Waals surface area contributed by atoms with Crippen molar-refractivity contribution in [1.29, 1.82) is 0 Å². The molecule has 0 heterocycles. The van der Waals surface area contributed by atoms with Gasteiger partial charge >= 0.3 is 5.97 Å². The molecule has 0 bridgehead atoms. The molecule has 1 N–H and O–H groups in total. The number of carboxylic acids is 1. The Balaban J connectivity index is 2.22. The molecule has 0 atom stereocenters. The fraction of sp³-hybridized carbons (Fsp3) is 0.188. The van der Waals surface area contributed by atoms with Gasteiger partial charge in [-0.25, -0.2) is 4.79 Å². The van der Waals surface area contributed by atoms with Crippen molar-refractivity contribution in [2.45, 2.75) is 20.5 Å². The molecule has 0 saturated heterocycles. The molecule has 0 saturated carbocycles. The van der Waals surface area contributed by atoms with Crippen LogP contribution in [0.1, 0.15) is 27.0 Å². The van der Waals surface area contributed by atoms with E-state index in [9.17, 15) is 4.79 Å². The molecule has 0 unspecified atom stereocenters. The highest BCUT2D eigenvalue weighted by Gasteiger charge is 2.12. The fourth-order valence-corrected chi connectivity index (χ4v) is 2.27. The first kappa shape index (κ1) is 14.4. The molecule has 0 aromatic heterocycles. The third-order valence-corrected chi connectivity index (χ3v) is 3.08. The maximum absolute atomic E-state index is 11.1. The molecule has 4 heteroatoms. The van der Waals surface area contributed by atoms with Gasteiger partial charge in [0.15, 0.2) is 0 Å². The first-order chi connectivity index (χ1) is 9.45. The predicted molar refractivity (Wildman–Crippen MR) is 78.7 cm³/mol. The molecular formula is C16H15ClO3. The third kappa shape index (κ3) is 3.52. The Morgan fingerprint density at radius 2 is 1.80 bits per heavy atom. The van der Waals surface area contributed by atoms with E-state index in [1.54, 1.807) is 0 Å². The molecule has 3 nitrogen and oxygen atoms in total. The number of aromatic carboxylic acids is 1. The van der Waals surface area contributed by atoms with Crippen LogP contribution in [0.3, 0.4) is 0 Å². The number of ether oxygens (including phenoxy) is 1. The summed E-state index contributed by atoms with van der Waals surface area (Å²) < 4.78 is 5.61. The van der Waals surface area contributed by atoms with Crippen molar-refractivity contribution in [3.63, 3.8) is 0 Å². The number of halogens is 1. The van der Waals surface area contributed by atoms with Crippen LogP contribution in [0.25, 0.3) is 0 Å². The molecule has 0 aliphatic carbocycles. The molecule has 2 aromatic rings. The van der Waals surface area contributed by atoms with E-state index < -0.39 is 5.97 Å². The van der Waals surface area contributed by atoms with Crippen LogP contribution in [0.4, 0.5) is 0 Å². The van der Waals surface area contributed by atoms with E-state index in [4.69, 9.17) is 21.4 Å². The summed E-state index contributed by atoms with van der Waals surface area (Å²) in [5, 5.41) is 9.57. The molecule has 104 valence electrons. The Morgan fingerprint density at radius 1 is 1.15 bits per heavy atom. The second-order valence-corrected chi connectivity index (χ2v) is 5.17. The highest BCUT2D eigenvalue weighted by Crippen LogP contribution is 2.24. The standard InChI is InChI=1S/C16H15ClO3/c1-10-5-11(2)7-12(6-10)9-20-15-8-13(17)3-4-14(15)16(18)19/h3-8H,9H2,1-2H3,(H,18,19). The monoisotopic (exact) mass is 290 g/mol. The number of hydrogen-bond donors (Lipinski definition) is 1. The average Bonchev–Trinajstić information content (AvgIpc) is 2.35. The Bertz CT molecular complexity index is 630. The SMILES string of the molecule is Cc1cc(C)cc(COc2cc(Cl)ccc2C(=O)O)c1. The Morgan fingerprint density at radius 3 is 2.40 bits per heavy atom. The summed E-state index contributed by atoms with van der Waals surface area (Å²) in [6.45, 7) is 4.33. The largest absolute Gasteiger partial charge is 0.488 e. The fourth-order valence-electron chi connectivity index (χ4n) is 2.11. The topological polar surface area (TPSA) is 46.5 Å². The molecule has 2 aromatic carbocycles. The third-order valence-electron chi connectivity index (χ3n) is 2.85. The van der Waals surface area contributed by atoms with E-state index >= 15 is 0 Å². The normalized spacial score (nSPS) is 10.3. The van der Waals surface area contributed by atoms with Crippen molar-refractivity contribution in [3.8, 4) is 5.75 Å². The van der Waals surface area contributed by atoms with Crippen LogP contribution in [0.15, 0.2) is 36.4 Å². The number of carbonyl (C=O) groups is 1. The smallest absolute Gasteiger partial charge is 0.339 e. The molecule has 0 radical (unpaired) electrons. The zero-order valence-electron chi connectivity index (χ0n) is 11.3. The lowest BCUT2D eigenvalue weighted by molar-refractivity contribution is 0.0692. The molecule has 0 fully saturated rings. The minimum Gasteiger partial charge on any atom is -0.488 e.